The average Bonchev–Trinajstić information content (AvgIpc) is 3.37. The fourth-order valence-corrected chi connectivity index (χ4v) is 3.85. The fourth-order valence-electron chi connectivity index (χ4n) is 3.85. The lowest BCUT2D eigenvalue weighted by Crippen LogP contribution is -2.35. The minimum atomic E-state index is -0.410. The van der Waals surface area contributed by atoms with E-state index in [0.717, 1.165) is 31.4 Å². The molecule has 0 spiro atoms. The highest BCUT2D eigenvalue weighted by molar-refractivity contribution is 5.99. The number of hydrogen-bond acceptors (Lipinski definition) is 6. The molecule has 2 bridgehead atoms. The third kappa shape index (κ3) is 3.79. The summed E-state index contributed by atoms with van der Waals surface area (Å²) in [5.74, 6) is 0.504. The topological polar surface area (TPSA) is 75.3 Å². The second-order valence-corrected chi connectivity index (χ2v) is 7.57. The van der Waals surface area contributed by atoms with Crippen LogP contribution in [0.5, 0.6) is 0 Å². The Morgan fingerprint density at radius 1 is 1.40 bits per heavy atom. The van der Waals surface area contributed by atoms with Crippen molar-refractivity contribution in [2.75, 3.05) is 31.6 Å². The number of carbonyl (C=O) groups is 1. The number of amides is 1. The molecule has 0 radical (unpaired) electrons. The van der Waals surface area contributed by atoms with Gasteiger partial charge in [0.1, 0.15) is 17.2 Å². The highest BCUT2D eigenvalue weighted by atomic mass is 19.1. The summed E-state index contributed by atoms with van der Waals surface area (Å²) in [4.78, 5) is 25.6. The van der Waals surface area contributed by atoms with Crippen molar-refractivity contribution in [1.82, 2.24) is 19.5 Å². The van der Waals surface area contributed by atoms with Gasteiger partial charge in [0.25, 0.3) is 5.91 Å². The number of rotatable bonds is 1. The molecule has 1 saturated heterocycles. The Morgan fingerprint density at radius 2 is 2.23 bits per heavy atom. The molecule has 2 aromatic heterocycles. The van der Waals surface area contributed by atoms with Crippen molar-refractivity contribution in [3.8, 4) is 0 Å². The minimum absolute atomic E-state index is 0.0697. The molecule has 30 heavy (non-hydrogen) atoms. The van der Waals surface area contributed by atoms with Gasteiger partial charge >= 0.3 is 0 Å². The molecule has 0 N–H and O–H groups in total. The van der Waals surface area contributed by atoms with Crippen LogP contribution in [-0.2, 0) is 4.74 Å². The van der Waals surface area contributed by atoms with Crippen LogP contribution in [0.3, 0.4) is 0 Å². The summed E-state index contributed by atoms with van der Waals surface area (Å²) < 4.78 is 20.8. The monoisotopic (exact) mass is 412 g/mol. The second kappa shape index (κ2) is 8.25. The first-order valence-electron chi connectivity index (χ1n) is 10.0. The molecule has 1 atom stereocenters. The summed E-state index contributed by atoms with van der Waals surface area (Å²) in [5.41, 5.74) is 1.69. The summed E-state index contributed by atoms with van der Waals surface area (Å²) in [6, 6.07) is 1.80. The highest BCUT2D eigenvalue weighted by Crippen LogP contribution is 2.29. The van der Waals surface area contributed by atoms with Crippen molar-refractivity contribution in [3.63, 3.8) is 0 Å². The molecular weight excluding hydrogens is 387 g/mol. The highest BCUT2D eigenvalue weighted by Gasteiger charge is 2.31. The number of aliphatic imine (C=N–C) groups is 1. The lowest BCUT2D eigenvalue weighted by molar-refractivity contribution is 0.0789. The van der Waals surface area contributed by atoms with Gasteiger partial charge in [-0.2, -0.15) is 5.10 Å². The van der Waals surface area contributed by atoms with Crippen LogP contribution in [0.15, 0.2) is 47.6 Å². The van der Waals surface area contributed by atoms with E-state index in [1.807, 2.05) is 6.07 Å². The molecule has 0 aliphatic carbocycles. The van der Waals surface area contributed by atoms with Gasteiger partial charge in [0.2, 0.25) is 5.90 Å². The van der Waals surface area contributed by atoms with Gasteiger partial charge in [0.05, 0.1) is 25.0 Å². The summed E-state index contributed by atoms with van der Waals surface area (Å²) in [5, 5.41) is 4.27. The van der Waals surface area contributed by atoms with Crippen LogP contribution in [0.2, 0.25) is 0 Å². The van der Waals surface area contributed by atoms with E-state index < -0.39 is 5.83 Å². The maximum atomic E-state index is 13.3. The molecule has 0 unspecified atom stereocenters. The van der Waals surface area contributed by atoms with Crippen LogP contribution in [0, 0.1) is 0 Å². The number of fused-ring (bicyclic) bond motifs is 3. The zero-order valence-corrected chi connectivity index (χ0v) is 17.2. The molecule has 8 nitrogen and oxygen atoms in total. The van der Waals surface area contributed by atoms with Crippen LogP contribution < -0.4 is 4.90 Å². The van der Waals surface area contributed by atoms with E-state index in [1.165, 1.54) is 6.92 Å². The molecule has 2 aliphatic heterocycles. The minimum Gasteiger partial charge on any atom is -0.477 e. The number of nitrogens with zero attached hydrogens (tertiary/aromatic N) is 6. The van der Waals surface area contributed by atoms with E-state index >= 15 is 0 Å². The molecule has 1 fully saturated rings. The number of anilines is 1. The van der Waals surface area contributed by atoms with Gasteiger partial charge in [-0.1, -0.05) is 6.58 Å². The second-order valence-electron chi connectivity index (χ2n) is 7.57. The molecule has 0 aromatic carbocycles. The van der Waals surface area contributed by atoms with Gasteiger partial charge < -0.3 is 14.5 Å². The predicted octanol–water partition coefficient (Wildman–Crippen LogP) is 2.98. The number of allylic oxidation sites excluding steroid dienone is 1. The summed E-state index contributed by atoms with van der Waals surface area (Å²) >= 11 is 0. The molecule has 4 rings (SSSR count). The molecule has 2 aliphatic rings. The summed E-state index contributed by atoms with van der Waals surface area (Å²) in [6.07, 6.45) is 6.92. The van der Waals surface area contributed by atoms with Crippen molar-refractivity contribution >= 4 is 23.3 Å². The fraction of sp³-hybridized carbons (Fsp3) is 0.429. The van der Waals surface area contributed by atoms with Gasteiger partial charge in [-0.05, 0) is 32.3 Å². The Morgan fingerprint density at radius 3 is 3.03 bits per heavy atom. The zero-order valence-electron chi connectivity index (χ0n) is 17.2. The Bertz CT molecular complexity index is 1040. The first kappa shape index (κ1) is 20.1. The number of aromatic nitrogens is 3. The van der Waals surface area contributed by atoms with E-state index in [9.17, 15) is 9.18 Å². The Balaban J connectivity index is 1.79. The van der Waals surface area contributed by atoms with Crippen LogP contribution in [0.4, 0.5) is 10.2 Å². The van der Waals surface area contributed by atoms with Crippen molar-refractivity contribution in [3.05, 3.63) is 48.2 Å². The van der Waals surface area contributed by atoms with E-state index in [1.54, 1.807) is 28.9 Å². The third-order valence-electron chi connectivity index (χ3n) is 5.39. The number of ether oxygens (including phenoxy) is 1. The van der Waals surface area contributed by atoms with Crippen molar-refractivity contribution in [2.45, 2.75) is 32.2 Å². The van der Waals surface area contributed by atoms with Gasteiger partial charge in [-0.15, -0.1) is 0 Å². The van der Waals surface area contributed by atoms with Crippen LogP contribution in [0.25, 0.3) is 5.65 Å². The first-order valence-corrected chi connectivity index (χ1v) is 10.0. The largest absolute Gasteiger partial charge is 0.477 e. The van der Waals surface area contributed by atoms with Gasteiger partial charge in [0.15, 0.2) is 5.65 Å². The lowest BCUT2D eigenvalue weighted by atomic mass is 10.1. The lowest BCUT2D eigenvalue weighted by Gasteiger charge is -2.28. The average molecular weight is 412 g/mol. The first-order chi connectivity index (χ1) is 14.5. The van der Waals surface area contributed by atoms with Crippen LogP contribution in [0.1, 0.15) is 36.5 Å². The molecule has 1 amide bonds. The predicted molar refractivity (Wildman–Crippen MR) is 112 cm³/mol. The summed E-state index contributed by atoms with van der Waals surface area (Å²) in [6.45, 7) is 7.17. The molecule has 4 heterocycles. The van der Waals surface area contributed by atoms with E-state index in [0.29, 0.717) is 42.3 Å². The number of halogens is 1. The van der Waals surface area contributed by atoms with Crippen LogP contribution in [-0.4, -0.2) is 64.1 Å². The standard InChI is InChI=1S/C21H25FN6O2/c1-14(22)12-23-20-15(2)17-6-4-9-27(17)18-7-10-28-19(25-18)16(13-24-28)21(29)26(3)8-5-11-30-20/h7,10,12-13,17H,2,4-6,8-9,11H2,1,3H3/b14-12+,23-20?/t17-/m1/s1. The normalized spacial score (nSPS) is 22.6. The Hall–Kier alpha value is -3.23. The van der Waals surface area contributed by atoms with E-state index in [4.69, 9.17) is 9.72 Å². The van der Waals surface area contributed by atoms with Crippen molar-refractivity contribution < 1.29 is 13.9 Å². The molecule has 0 saturated carbocycles. The van der Waals surface area contributed by atoms with Gasteiger partial charge in [-0.3, -0.25) is 4.79 Å². The van der Waals surface area contributed by atoms with E-state index in [-0.39, 0.29) is 11.9 Å². The molecule has 158 valence electrons. The number of hydrogen-bond donors (Lipinski definition) is 0. The molecular formula is C21H25FN6O2. The van der Waals surface area contributed by atoms with Gasteiger partial charge in [0, 0.05) is 31.9 Å². The SMILES string of the molecule is C=C1C(=N/C=C(\C)F)OCCCN(C)C(=O)c2cnn3ccc(nc23)N2CCC[C@H]12. The van der Waals surface area contributed by atoms with E-state index in [2.05, 4.69) is 21.6 Å². The quantitative estimate of drug-likeness (QED) is 0.720. The zero-order chi connectivity index (χ0) is 21.3. The smallest absolute Gasteiger partial charge is 0.259 e. The van der Waals surface area contributed by atoms with Crippen LogP contribution >= 0.6 is 0 Å². The maximum absolute atomic E-state index is 13.3. The molecule has 2 aromatic rings. The Labute approximate surface area is 174 Å². The maximum Gasteiger partial charge on any atom is 0.259 e. The Kier molecular flexibility index (Phi) is 5.52. The van der Waals surface area contributed by atoms with Crippen molar-refractivity contribution in [1.29, 1.82) is 0 Å². The van der Waals surface area contributed by atoms with Crippen molar-refractivity contribution in [2.24, 2.45) is 4.99 Å². The number of carbonyl (C=O) groups excluding carboxylic acids is 1. The summed E-state index contributed by atoms with van der Waals surface area (Å²) in [7, 11) is 1.74. The molecule has 9 heteroatoms. The third-order valence-corrected chi connectivity index (χ3v) is 5.39. The van der Waals surface area contributed by atoms with Gasteiger partial charge in [-0.25, -0.2) is 18.9 Å².